The lowest BCUT2D eigenvalue weighted by atomic mass is 10.0. The topological polar surface area (TPSA) is 58.0 Å². The lowest BCUT2D eigenvalue weighted by Gasteiger charge is -2.08. The van der Waals surface area contributed by atoms with Gasteiger partial charge in [0.05, 0.1) is 12.3 Å². The molecule has 1 saturated carbocycles. The molecule has 1 aliphatic rings. The van der Waals surface area contributed by atoms with Crippen LogP contribution in [0, 0.1) is 0 Å². The number of anilines is 1. The lowest BCUT2D eigenvalue weighted by Crippen LogP contribution is -2.08. The maximum Gasteiger partial charge on any atom is 0.148 e. The first kappa shape index (κ1) is 10.4. The van der Waals surface area contributed by atoms with Crippen molar-refractivity contribution in [2.75, 3.05) is 18.5 Å². The SMILES string of the molecule is OCCNc1ccc(C2CCCC2)nn1. The molecule has 0 radical (unpaired) electrons. The Hall–Kier alpha value is -1.16. The molecule has 1 aromatic rings. The maximum absolute atomic E-state index is 8.64. The van der Waals surface area contributed by atoms with Crippen molar-refractivity contribution in [1.82, 2.24) is 10.2 Å². The van der Waals surface area contributed by atoms with Gasteiger partial charge in [0.1, 0.15) is 5.82 Å². The number of rotatable bonds is 4. The molecule has 2 N–H and O–H groups in total. The number of hydrogen-bond acceptors (Lipinski definition) is 4. The van der Waals surface area contributed by atoms with E-state index >= 15 is 0 Å². The number of aromatic nitrogens is 2. The van der Waals surface area contributed by atoms with Crippen LogP contribution in [0.2, 0.25) is 0 Å². The largest absolute Gasteiger partial charge is 0.395 e. The van der Waals surface area contributed by atoms with Gasteiger partial charge >= 0.3 is 0 Å². The minimum Gasteiger partial charge on any atom is -0.395 e. The Kier molecular flexibility index (Phi) is 3.50. The first-order valence-electron chi connectivity index (χ1n) is 5.58. The molecule has 0 bridgehead atoms. The van der Waals surface area contributed by atoms with Gasteiger partial charge in [0, 0.05) is 12.5 Å². The minimum atomic E-state index is 0.117. The van der Waals surface area contributed by atoms with Gasteiger partial charge in [0.25, 0.3) is 0 Å². The Bertz CT molecular complexity index is 293. The van der Waals surface area contributed by atoms with Crippen LogP contribution in [0.1, 0.15) is 37.3 Å². The van der Waals surface area contributed by atoms with Gasteiger partial charge in [-0.2, -0.15) is 5.10 Å². The fourth-order valence-corrected chi connectivity index (χ4v) is 2.06. The third-order valence-corrected chi connectivity index (χ3v) is 2.88. The molecule has 82 valence electrons. The Morgan fingerprint density at radius 1 is 1.27 bits per heavy atom. The molecule has 0 unspecified atom stereocenters. The van der Waals surface area contributed by atoms with E-state index in [9.17, 15) is 0 Å². The average molecular weight is 207 g/mol. The normalized spacial score (nSPS) is 16.9. The Morgan fingerprint density at radius 3 is 2.67 bits per heavy atom. The highest BCUT2D eigenvalue weighted by Crippen LogP contribution is 2.32. The Balaban J connectivity index is 1.96. The third kappa shape index (κ3) is 2.65. The highest BCUT2D eigenvalue weighted by molar-refractivity contribution is 5.33. The van der Waals surface area contributed by atoms with Crippen LogP contribution in [-0.4, -0.2) is 28.5 Å². The Labute approximate surface area is 89.7 Å². The van der Waals surface area contributed by atoms with Gasteiger partial charge in [0.2, 0.25) is 0 Å². The van der Waals surface area contributed by atoms with Gasteiger partial charge in [-0.1, -0.05) is 12.8 Å². The van der Waals surface area contributed by atoms with Gasteiger partial charge < -0.3 is 10.4 Å². The second-order valence-electron chi connectivity index (χ2n) is 3.98. The molecule has 0 aromatic carbocycles. The maximum atomic E-state index is 8.64. The summed E-state index contributed by atoms with van der Waals surface area (Å²) >= 11 is 0. The van der Waals surface area contributed by atoms with E-state index in [0.717, 1.165) is 11.5 Å². The predicted octanol–water partition coefficient (Wildman–Crippen LogP) is 1.54. The first-order chi connectivity index (χ1) is 7.40. The summed E-state index contributed by atoms with van der Waals surface area (Å²) < 4.78 is 0. The summed E-state index contributed by atoms with van der Waals surface area (Å²) in [5.41, 5.74) is 1.11. The van der Waals surface area contributed by atoms with Gasteiger partial charge in [0.15, 0.2) is 0 Å². The van der Waals surface area contributed by atoms with Gasteiger partial charge in [-0.05, 0) is 25.0 Å². The summed E-state index contributed by atoms with van der Waals surface area (Å²) in [6.45, 7) is 0.642. The molecule has 1 fully saturated rings. The van der Waals surface area contributed by atoms with E-state index < -0.39 is 0 Å². The van der Waals surface area contributed by atoms with Crippen molar-refractivity contribution < 1.29 is 5.11 Å². The van der Waals surface area contributed by atoms with Crippen molar-refractivity contribution in [2.24, 2.45) is 0 Å². The predicted molar refractivity (Wildman–Crippen MR) is 58.8 cm³/mol. The van der Waals surface area contributed by atoms with E-state index in [1.807, 2.05) is 12.1 Å². The summed E-state index contributed by atoms with van der Waals surface area (Å²) in [7, 11) is 0. The van der Waals surface area contributed by atoms with Crippen molar-refractivity contribution in [3.8, 4) is 0 Å². The average Bonchev–Trinajstić information content (AvgIpc) is 2.80. The molecule has 0 spiro atoms. The fourth-order valence-electron chi connectivity index (χ4n) is 2.06. The van der Waals surface area contributed by atoms with Crippen molar-refractivity contribution in [2.45, 2.75) is 31.6 Å². The molecular formula is C11H17N3O. The van der Waals surface area contributed by atoms with Crippen LogP contribution in [0.3, 0.4) is 0 Å². The smallest absolute Gasteiger partial charge is 0.148 e. The monoisotopic (exact) mass is 207 g/mol. The van der Waals surface area contributed by atoms with E-state index in [4.69, 9.17) is 5.11 Å². The molecule has 1 heterocycles. The third-order valence-electron chi connectivity index (χ3n) is 2.88. The van der Waals surface area contributed by atoms with Crippen molar-refractivity contribution in [3.63, 3.8) is 0 Å². The Morgan fingerprint density at radius 2 is 2.07 bits per heavy atom. The highest BCUT2D eigenvalue weighted by atomic mass is 16.3. The molecule has 1 aliphatic carbocycles. The molecule has 0 aliphatic heterocycles. The fraction of sp³-hybridized carbons (Fsp3) is 0.636. The molecule has 4 nitrogen and oxygen atoms in total. The van der Waals surface area contributed by atoms with Gasteiger partial charge in [-0.3, -0.25) is 0 Å². The molecule has 1 aromatic heterocycles. The second-order valence-corrected chi connectivity index (χ2v) is 3.98. The number of aliphatic hydroxyl groups is 1. The molecule has 2 rings (SSSR count). The zero-order valence-electron chi connectivity index (χ0n) is 8.82. The zero-order valence-corrected chi connectivity index (χ0v) is 8.82. The van der Waals surface area contributed by atoms with Gasteiger partial charge in [-0.25, -0.2) is 0 Å². The van der Waals surface area contributed by atoms with Crippen LogP contribution in [-0.2, 0) is 0 Å². The van der Waals surface area contributed by atoms with E-state index in [1.54, 1.807) is 0 Å². The highest BCUT2D eigenvalue weighted by Gasteiger charge is 2.18. The van der Waals surface area contributed by atoms with Crippen molar-refractivity contribution >= 4 is 5.82 Å². The molecule has 0 saturated heterocycles. The second kappa shape index (κ2) is 5.07. The summed E-state index contributed by atoms with van der Waals surface area (Å²) in [5, 5.41) is 19.9. The molecule has 0 amide bonds. The molecule has 4 heteroatoms. The van der Waals surface area contributed by atoms with Crippen molar-refractivity contribution in [1.29, 1.82) is 0 Å². The van der Waals surface area contributed by atoms with E-state index in [-0.39, 0.29) is 6.61 Å². The van der Waals surface area contributed by atoms with E-state index in [0.29, 0.717) is 12.5 Å². The molecule has 0 atom stereocenters. The van der Waals surface area contributed by atoms with Crippen LogP contribution in [0.5, 0.6) is 0 Å². The number of nitrogens with zero attached hydrogens (tertiary/aromatic N) is 2. The van der Waals surface area contributed by atoms with Crippen LogP contribution in [0.15, 0.2) is 12.1 Å². The van der Waals surface area contributed by atoms with Crippen LogP contribution in [0.4, 0.5) is 5.82 Å². The quantitative estimate of drug-likeness (QED) is 0.786. The standard InChI is InChI=1S/C11H17N3O/c15-8-7-12-11-6-5-10(13-14-11)9-3-1-2-4-9/h5-6,9,15H,1-4,7-8H2,(H,12,14). The molecule has 15 heavy (non-hydrogen) atoms. The van der Waals surface area contributed by atoms with Crippen LogP contribution < -0.4 is 5.32 Å². The summed E-state index contributed by atoms with van der Waals surface area (Å²) in [6.07, 6.45) is 5.13. The number of hydrogen-bond donors (Lipinski definition) is 2. The zero-order chi connectivity index (χ0) is 10.5. The summed E-state index contributed by atoms with van der Waals surface area (Å²) in [5.74, 6) is 1.36. The van der Waals surface area contributed by atoms with E-state index in [1.165, 1.54) is 25.7 Å². The van der Waals surface area contributed by atoms with Crippen LogP contribution in [0.25, 0.3) is 0 Å². The number of aliphatic hydroxyl groups excluding tert-OH is 1. The van der Waals surface area contributed by atoms with Crippen molar-refractivity contribution in [3.05, 3.63) is 17.8 Å². The molecular weight excluding hydrogens is 190 g/mol. The summed E-state index contributed by atoms with van der Waals surface area (Å²) in [4.78, 5) is 0. The van der Waals surface area contributed by atoms with Crippen LogP contribution >= 0.6 is 0 Å². The van der Waals surface area contributed by atoms with E-state index in [2.05, 4.69) is 15.5 Å². The number of nitrogens with one attached hydrogen (secondary N) is 1. The minimum absolute atomic E-state index is 0.117. The van der Waals surface area contributed by atoms with Gasteiger partial charge in [-0.15, -0.1) is 5.10 Å². The first-order valence-corrected chi connectivity index (χ1v) is 5.58. The lowest BCUT2D eigenvalue weighted by molar-refractivity contribution is 0.311. The summed E-state index contributed by atoms with van der Waals surface area (Å²) in [6, 6.07) is 3.99.